The predicted molar refractivity (Wildman–Crippen MR) is 195 cm³/mol. The highest BCUT2D eigenvalue weighted by atomic mass is 35.5. The molecule has 3 aliphatic heterocycles. The van der Waals surface area contributed by atoms with Crippen molar-refractivity contribution in [1.29, 1.82) is 0 Å². The van der Waals surface area contributed by atoms with Gasteiger partial charge >= 0.3 is 12.1 Å². The summed E-state index contributed by atoms with van der Waals surface area (Å²) in [4.78, 5) is 37.1. The summed E-state index contributed by atoms with van der Waals surface area (Å²) in [7, 11) is 0. The molecular formula is C38H43ClFN7O4. The Kier molecular flexibility index (Phi) is 10.1. The van der Waals surface area contributed by atoms with E-state index in [1.54, 1.807) is 17.2 Å². The Bertz CT molecular complexity index is 1950. The van der Waals surface area contributed by atoms with Gasteiger partial charge in [0.25, 0.3) is 0 Å². The van der Waals surface area contributed by atoms with Crippen molar-refractivity contribution in [3.05, 3.63) is 64.9 Å². The first kappa shape index (κ1) is 35.1. The highest BCUT2D eigenvalue weighted by Gasteiger charge is 2.37. The van der Waals surface area contributed by atoms with Crippen LogP contribution in [-0.2, 0) is 9.47 Å². The fourth-order valence-corrected chi connectivity index (χ4v) is 7.71. The van der Waals surface area contributed by atoms with Crippen LogP contribution in [0.4, 0.5) is 15.0 Å². The molecule has 0 N–H and O–H groups in total. The number of anilines is 1. The van der Waals surface area contributed by atoms with E-state index in [4.69, 9.17) is 37.4 Å². The summed E-state index contributed by atoms with van der Waals surface area (Å²) >= 11 is 6.64. The van der Waals surface area contributed by atoms with E-state index in [2.05, 4.69) is 19.7 Å². The summed E-state index contributed by atoms with van der Waals surface area (Å²) in [6.07, 6.45) is 4.67. The lowest BCUT2D eigenvalue weighted by atomic mass is 10.0. The van der Waals surface area contributed by atoms with Gasteiger partial charge in [0.2, 0.25) is 6.54 Å². The van der Waals surface area contributed by atoms with Gasteiger partial charge < -0.3 is 24.0 Å². The van der Waals surface area contributed by atoms with Crippen LogP contribution < -0.4 is 9.64 Å². The fourth-order valence-electron chi connectivity index (χ4n) is 7.42. The Hall–Kier alpha value is -4.31. The Labute approximate surface area is 302 Å². The normalized spacial score (nSPS) is 19.7. The number of piperazine rings is 1. The van der Waals surface area contributed by atoms with Crippen molar-refractivity contribution in [1.82, 2.24) is 24.8 Å². The van der Waals surface area contributed by atoms with Crippen LogP contribution in [0.25, 0.3) is 37.8 Å². The average Bonchev–Trinajstić information content (AvgIpc) is 3.12. The number of carbonyl (C=O) groups excluding carboxylic acids is 1. The van der Waals surface area contributed by atoms with Gasteiger partial charge in [0, 0.05) is 74.1 Å². The van der Waals surface area contributed by atoms with E-state index in [0.717, 1.165) is 57.4 Å². The van der Waals surface area contributed by atoms with Gasteiger partial charge in [-0.3, -0.25) is 14.8 Å². The van der Waals surface area contributed by atoms with E-state index in [1.807, 2.05) is 56.0 Å². The monoisotopic (exact) mass is 715 g/mol. The lowest BCUT2D eigenvalue weighted by Gasteiger charge is -2.40. The molecule has 1 amide bonds. The van der Waals surface area contributed by atoms with Crippen LogP contribution in [0.3, 0.4) is 0 Å². The van der Waals surface area contributed by atoms with E-state index >= 15 is 4.39 Å². The number of aromatic nitrogens is 3. The summed E-state index contributed by atoms with van der Waals surface area (Å²) in [6, 6.07) is 11.3. The minimum Gasteiger partial charge on any atom is -0.460 e. The zero-order chi connectivity index (χ0) is 35.7. The number of hydrogen-bond acceptors (Lipinski definition) is 9. The lowest BCUT2D eigenvalue weighted by molar-refractivity contribution is 0.00868. The van der Waals surface area contributed by atoms with Crippen LogP contribution in [-0.4, -0.2) is 107 Å². The second-order valence-corrected chi connectivity index (χ2v) is 14.9. The fraction of sp³-hybridized carbons (Fsp3) is 0.500. The summed E-state index contributed by atoms with van der Waals surface area (Å²) in [6.45, 7) is 17.5. The third kappa shape index (κ3) is 7.52. The number of rotatable bonds is 6. The van der Waals surface area contributed by atoms with E-state index in [9.17, 15) is 4.79 Å². The highest BCUT2D eigenvalue weighted by Crippen LogP contribution is 2.38. The summed E-state index contributed by atoms with van der Waals surface area (Å²) < 4.78 is 34.6. The molecule has 4 aromatic rings. The van der Waals surface area contributed by atoms with E-state index in [-0.39, 0.29) is 29.9 Å². The number of amides is 1. The van der Waals surface area contributed by atoms with E-state index in [1.165, 1.54) is 0 Å². The molecule has 7 rings (SSSR count). The molecule has 3 aliphatic rings. The number of nitrogens with zero attached hydrogens (tertiary/aromatic N) is 7. The molecular weight excluding hydrogens is 673 g/mol. The zero-order valence-corrected chi connectivity index (χ0v) is 30.0. The predicted octanol–water partition coefficient (Wildman–Crippen LogP) is 7.00. The van der Waals surface area contributed by atoms with Crippen LogP contribution >= 0.6 is 11.6 Å². The number of benzene rings is 2. The Morgan fingerprint density at radius 1 is 1.06 bits per heavy atom. The Morgan fingerprint density at radius 2 is 1.80 bits per heavy atom. The number of hydrogen-bond donors (Lipinski definition) is 0. The first-order chi connectivity index (χ1) is 24.6. The minimum atomic E-state index is -0.678. The van der Waals surface area contributed by atoms with Gasteiger partial charge in [0.05, 0.1) is 5.39 Å². The van der Waals surface area contributed by atoms with Crippen LogP contribution in [0.15, 0.2) is 42.6 Å². The van der Waals surface area contributed by atoms with Crippen LogP contribution in [0.1, 0.15) is 46.5 Å². The van der Waals surface area contributed by atoms with Crippen molar-refractivity contribution in [2.24, 2.45) is 0 Å². The van der Waals surface area contributed by atoms with Crippen LogP contribution in [0.2, 0.25) is 5.02 Å². The van der Waals surface area contributed by atoms with Crippen molar-refractivity contribution >= 4 is 45.2 Å². The van der Waals surface area contributed by atoms with E-state index in [0.29, 0.717) is 52.9 Å². The smallest absolute Gasteiger partial charge is 0.410 e. The third-order valence-electron chi connectivity index (χ3n) is 9.92. The molecule has 0 spiro atoms. The number of halogens is 2. The third-order valence-corrected chi connectivity index (χ3v) is 10.2. The number of fused-ring (bicyclic) bond motifs is 2. The number of carbonyl (C=O) groups is 1. The molecule has 3 fully saturated rings. The summed E-state index contributed by atoms with van der Waals surface area (Å²) in [5, 5.41) is 2.48. The lowest BCUT2D eigenvalue weighted by Crippen LogP contribution is -2.57. The van der Waals surface area contributed by atoms with Gasteiger partial charge in [-0.25, -0.2) is 15.8 Å². The van der Waals surface area contributed by atoms with Gasteiger partial charge in [0.15, 0.2) is 5.82 Å². The quantitative estimate of drug-likeness (QED) is 0.196. The van der Waals surface area contributed by atoms with Gasteiger partial charge in [-0.15, -0.1) is 0 Å². The number of pyridine rings is 1. The molecule has 51 heavy (non-hydrogen) atoms. The number of piperidine rings is 1. The van der Waals surface area contributed by atoms with Crippen LogP contribution in [0.5, 0.6) is 6.01 Å². The number of ether oxygens (including phenoxy) is 3. The maximum atomic E-state index is 16.9. The molecule has 0 radical (unpaired) electrons. The van der Waals surface area contributed by atoms with Crippen molar-refractivity contribution < 1.29 is 23.4 Å². The maximum Gasteiger partial charge on any atom is 0.410 e. The molecule has 268 valence electrons. The SMILES string of the molecule is [C-]#[N+]C[C@H]1CN(c2nc(OC3CCN(C4CCOCC4)CC3)nc3c(F)c(-c4cccc5cccc(Cl)c45)ncc23)CCN1C(=O)OC(C)(C)C. The molecule has 0 saturated carbocycles. The molecule has 5 heterocycles. The van der Waals surface area contributed by atoms with Crippen LogP contribution in [0, 0.1) is 12.4 Å². The zero-order valence-electron chi connectivity index (χ0n) is 29.3. The first-order valence-corrected chi connectivity index (χ1v) is 18.1. The topological polar surface area (TPSA) is 97.5 Å². The maximum absolute atomic E-state index is 16.9. The molecule has 0 bridgehead atoms. The highest BCUT2D eigenvalue weighted by molar-refractivity contribution is 6.36. The molecule has 2 aromatic heterocycles. The van der Waals surface area contributed by atoms with Crippen molar-refractivity contribution in [2.45, 2.75) is 70.2 Å². The van der Waals surface area contributed by atoms with Crippen molar-refractivity contribution in [3.8, 4) is 17.3 Å². The molecule has 0 unspecified atom stereocenters. The molecule has 3 saturated heterocycles. The second kappa shape index (κ2) is 14.7. The first-order valence-electron chi connectivity index (χ1n) is 17.7. The molecule has 1 atom stereocenters. The molecule has 13 heteroatoms. The summed E-state index contributed by atoms with van der Waals surface area (Å²) in [5.74, 6) is -0.157. The summed E-state index contributed by atoms with van der Waals surface area (Å²) in [5.41, 5.74) is 0.0909. The minimum absolute atomic E-state index is 0.0758. The van der Waals surface area contributed by atoms with E-state index < -0.39 is 23.6 Å². The molecule has 0 aliphatic carbocycles. The van der Waals surface area contributed by atoms with Crippen molar-refractivity contribution in [3.63, 3.8) is 0 Å². The standard InChI is InChI=1S/C38H43ClFN7O4/c1-38(2,3)51-37(48)47-18-17-46(23-26(47)21-41-4)35-29-22-42-33(28-9-5-7-24-8-6-10-30(39)31(24)28)32(40)34(29)43-36(44-35)50-27-11-15-45(16-12-27)25-13-19-49-20-14-25/h5-10,22,25-27H,11-21,23H2,1-3H3/t26-/m0/s1. The largest absolute Gasteiger partial charge is 0.460 e. The van der Waals surface area contributed by atoms with Gasteiger partial charge in [-0.05, 0) is 57.9 Å². The molecule has 2 aromatic carbocycles. The van der Waals surface area contributed by atoms with Gasteiger partial charge in [-0.1, -0.05) is 41.9 Å². The Balaban J connectivity index is 1.24. The van der Waals surface area contributed by atoms with Gasteiger partial charge in [0.1, 0.15) is 34.8 Å². The molecule has 11 nitrogen and oxygen atoms in total. The van der Waals surface area contributed by atoms with Crippen molar-refractivity contribution in [2.75, 3.05) is 57.4 Å². The Morgan fingerprint density at radius 3 is 2.53 bits per heavy atom. The second-order valence-electron chi connectivity index (χ2n) is 14.5. The van der Waals surface area contributed by atoms with Gasteiger partial charge in [-0.2, -0.15) is 9.97 Å². The number of likely N-dealkylation sites (tertiary alicyclic amines) is 1. The average molecular weight is 716 g/mol.